The number of aromatic nitrogens is 1. The minimum atomic E-state index is -4.58. The second-order valence-corrected chi connectivity index (χ2v) is 5.49. The van der Waals surface area contributed by atoms with Crippen molar-refractivity contribution in [2.24, 2.45) is 0 Å². The van der Waals surface area contributed by atoms with Gasteiger partial charge in [0.1, 0.15) is 5.00 Å². The molecule has 0 saturated carbocycles. The number of alkyl halides is 3. The van der Waals surface area contributed by atoms with Crippen LogP contribution in [0.1, 0.15) is 29.3 Å². The summed E-state index contributed by atoms with van der Waals surface area (Å²) in [4.78, 5) is 17.0. The molecule has 1 fully saturated rings. The molecule has 21 heavy (non-hydrogen) atoms. The number of nitrogens with zero attached hydrogens (tertiary/aromatic N) is 2. The maximum absolute atomic E-state index is 12.8. The topological polar surface area (TPSA) is 51.7 Å². The van der Waals surface area contributed by atoms with Gasteiger partial charge in [0.2, 0.25) is 5.01 Å². The number of carbonyl (C=O) groups is 1. The van der Waals surface area contributed by atoms with E-state index in [1.165, 1.54) is 0 Å². The highest BCUT2D eigenvalue weighted by atomic mass is 32.1. The van der Waals surface area contributed by atoms with Gasteiger partial charge in [-0.25, -0.2) is 9.78 Å². The third-order valence-electron chi connectivity index (χ3n) is 2.95. The van der Waals surface area contributed by atoms with Crippen LogP contribution < -0.4 is 4.90 Å². The van der Waals surface area contributed by atoms with E-state index in [-0.39, 0.29) is 23.3 Å². The molecule has 1 aromatic rings. The fourth-order valence-electron chi connectivity index (χ4n) is 1.99. The van der Waals surface area contributed by atoms with Gasteiger partial charge in [-0.2, -0.15) is 13.2 Å². The van der Waals surface area contributed by atoms with Crippen LogP contribution in [0.2, 0.25) is 0 Å². The molecule has 9 heteroatoms. The summed E-state index contributed by atoms with van der Waals surface area (Å²) in [5.74, 6) is -0.835. The molecule has 0 bridgehead atoms. The Balaban J connectivity index is 2.41. The van der Waals surface area contributed by atoms with Crippen LogP contribution in [-0.2, 0) is 15.7 Å². The Hall–Kier alpha value is -1.35. The summed E-state index contributed by atoms with van der Waals surface area (Å²) in [6.07, 6.45) is -4.58. The smallest absolute Gasteiger partial charge is 0.443 e. The number of halogens is 3. The Morgan fingerprint density at radius 3 is 2.86 bits per heavy atom. The number of hydrogen-bond acceptors (Lipinski definition) is 6. The minimum Gasteiger partial charge on any atom is -0.461 e. The van der Waals surface area contributed by atoms with Crippen molar-refractivity contribution in [2.45, 2.75) is 26.1 Å². The van der Waals surface area contributed by atoms with Crippen LogP contribution in [0.5, 0.6) is 0 Å². The summed E-state index contributed by atoms with van der Waals surface area (Å²) < 4.78 is 48.6. The van der Waals surface area contributed by atoms with Crippen molar-refractivity contribution < 1.29 is 27.4 Å². The third kappa shape index (κ3) is 3.46. The highest BCUT2D eigenvalue weighted by Crippen LogP contribution is 2.39. The van der Waals surface area contributed by atoms with E-state index in [1.807, 2.05) is 6.92 Å². The number of rotatable bonds is 3. The molecule has 1 aliphatic heterocycles. The lowest BCUT2D eigenvalue weighted by Crippen LogP contribution is -2.44. The van der Waals surface area contributed by atoms with Gasteiger partial charge in [-0.1, -0.05) is 11.3 Å². The predicted octanol–water partition coefficient (Wildman–Crippen LogP) is 2.56. The molecule has 0 N–H and O–H groups in total. The standard InChI is InChI=1S/C12H15F3N2O3S/c1-3-20-10(18)8-9(17-4-5-19-6-7(17)2)21-11(16-8)12(13,14)15/h7H,3-6H2,1-2H3/t7-/m1/s1. The molecule has 5 nitrogen and oxygen atoms in total. The van der Waals surface area contributed by atoms with Crippen molar-refractivity contribution in [3.63, 3.8) is 0 Å². The molecule has 0 unspecified atom stereocenters. The summed E-state index contributed by atoms with van der Waals surface area (Å²) in [5, 5.41) is -0.851. The molecular formula is C12H15F3N2O3S. The maximum atomic E-state index is 12.8. The van der Waals surface area contributed by atoms with E-state index in [9.17, 15) is 18.0 Å². The van der Waals surface area contributed by atoms with Gasteiger partial charge in [-0.05, 0) is 13.8 Å². The molecule has 1 atom stereocenters. The van der Waals surface area contributed by atoms with Crippen LogP contribution in [0.25, 0.3) is 0 Å². The molecule has 0 amide bonds. The Morgan fingerprint density at radius 2 is 2.29 bits per heavy atom. The molecule has 2 heterocycles. The fraction of sp³-hybridized carbons (Fsp3) is 0.667. The van der Waals surface area contributed by atoms with E-state index in [0.717, 1.165) is 0 Å². The maximum Gasteiger partial charge on any atom is 0.443 e. The molecule has 0 aliphatic carbocycles. The summed E-state index contributed by atoms with van der Waals surface area (Å²) >= 11 is 0.464. The quantitative estimate of drug-likeness (QED) is 0.800. The van der Waals surface area contributed by atoms with E-state index in [4.69, 9.17) is 9.47 Å². The largest absolute Gasteiger partial charge is 0.461 e. The number of carbonyl (C=O) groups excluding carboxylic acids is 1. The van der Waals surface area contributed by atoms with Crippen molar-refractivity contribution in [1.82, 2.24) is 4.98 Å². The van der Waals surface area contributed by atoms with Crippen molar-refractivity contribution in [2.75, 3.05) is 31.3 Å². The normalized spacial score (nSPS) is 19.7. The van der Waals surface area contributed by atoms with E-state index >= 15 is 0 Å². The number of anilines is 1. The van der Waals surface area contributed by atoms with Crippen molar-refractivity contribution in [3.8, 4) is 0 Å². The fourth-order valence-corrected chi connectivity index (χ4v) is 3.04. The highest BCUT2D eigenvalue weighted by molar-refractivity contribution is 7.16. The Labute approximate surface area is 123 Å². The first-order chi connectivity index (χ1) is 9.84. The van der Waals surface area contributed by atoms with Gasteiger partial charge >= 0.3 is 12.1 Å². The summed E-state index contributed by atoms with van der Waals surface area (Å²) in [6, 6.07) is -0.131. The van der Waals surface area contributed by atoms with Crippen LogP contribution in [0, 0.1) is 0 Å². The lowest BCUT2D eigenvalue weighted by molar-refractivity contribution is -0.137. The highest BCUT2D eigenvalue weighted by Gasteiger charge is 2.39. The molecule has 1 aliphatic rings. The molecule has 1 saturated heterocycles. The first-order valence-electron chi connectivity index (χ1n) is 6.44. The lowest BCUT2D eigenvalue weighted by Gasteiger charge is -2.34. The molecular weight excluding hydrogens is 309 g/mol. The molecule has 0 spiro atoms. The molecule has 2 rings (SSSR count). The molecule has 1 aromatic heterocycles. The first kappa shape index (κ1) is 16.0. The van der Waals surface area contributed by atoms with Gasteiger partial charge in [0.25, 0.3) is 0 Å². The van der Waals surface area contributed by atoms with E-state index < -0.39 is 17.2 Å². The average Bonchev–Trinajstić information content (AvgIpc) is 2.84. The second-order valence-electron chi connectivity index (χ2n) is 4.51. The number of hydrogen-bond donors (Lipinski definition) is 0. The van der Waals surface area contributed by atoms with Gasteiger partial charge in [-0.15, -0.1) is 0 Å². The number of esters is 1. The number of thiazole rings is 1. The summed E-state index contributed by atoms with van der Waals surface area (Å²) in [7, 11) is 0. The van der Waals surface area contributed by atoms with Gasteiger partial charge in [0, 0.05) is 6.54 Å². The Morgan fingerprint density at radius 1 is 1.57 bits per heavy atom. The zero-order chi connectivity index (χ0) is 15.6. The Kier molecular flexibility index (Phi) is 4.72. The molecule has 0 radical (unpaired) electrons. The van der Waals surface area contributed by atoms with Crippen LogP contribution in [0.15, 0.2) is 0 Å². The van der Waals surface area contributed by atoms with Crippen LogP contribution >= 0.6 is 11.3 Å². The molecule has 118 valence electrons. The second kappa shape index (κ2) is 6.18. The van der Waals surface area contributed by atoms with Crippen molar-refractivity contribution in [1.29, 1.82) is 0 Å². The summed E-state index contributed by atoms with van der Waals surface area (Å²) in [6.45, 7) is 4.68. The number of ether oxygens (including phenoxy) is 2. The van der Waals surface area contributed by atoms with Crippen LogP contribution in [0.3, 0.4) is 0 Å². The van der Waals surface area contributed by atoms with Gasteiger partial charge in [-0.3, -0.25) is 0 Å². The third-order valence-corrected chi connectivity index (χ3v) is 4.09. The first-order valence-corrected chi connectivity index (χ1v) is 7.25. The van der Waals surface area contributed by atoms with Gasteiger partial charge in [0.15, 0.2) is 5.69 Å². The van der Waals surface area contributed by atoms with E-state index in [1.54, 1.807) is 11.8 Å². The van der Waals surface area contributed by atoms with Crippen LogP contribution in [-0.4, -0.2) is 43.4 Å². The monoisotopic (exact) mass is 324 g/mol. The zero-order valence-electron chi connectivity index (χ0n) is 11.6. The van der Waals surface area contributed by atoms with Gasteiger partial charge < -0.3 is 14.4 Å². The summed E-state index contributed by atoms with van der Waals surface area (Å²) in [5.41, 5.74) is -0.275. The minimum absolute atomic E-state index is 0.0792. The Bertz CT molecular complexity index is 518. The predicted molar refractivity (Wildman–Crippen MR) is 70.7 cm³/mol. The number of morpholine rings is 1. The van der Waals surface area contributed by atoms with E-state index in [0.29, 0.717) is 31.1 Å². The van der Waals surface area contributed by atoms with Crippen molar-refractivity contribution in [3.05, 3.63) is 10.7 Å². The van der Waals surface area contributed by atoms with Crippen molar-refractivity contribution >= 4 is 22.3 Å². The zero-order valence-corrected chi connectivity index (χ0v) is 12.4. The van der Waals surface area contributed by atoms with Gasteiger partial charge in [0.05, 0.1) is 25.9 Å². The SMILES string of the molecule is CCOC(=O)c1nc(C(F)(F)F)sc1N1CCOC[C@H]1C. The molecule has 0 aromatic carbocycles. The van der Waals surface area contributed by atoms with Crippen LogP contribution in [0.4, 0.5) is 18.2 Å². The lowest BCUT2D eigenvalue weighted by atomic mass is 10.2. The average molecular weight is 324 g/mol. The van der Waals surface area contributed by atoms with E-state index in [2.05, 4.69) is 4.98 Å².